The average molecular weight is 308 g/mol. The van der Waals surface area contributed by atoms with Crippen LogP contribution in [0.15, 0.2) is 36.4 Å². The summed E-state index contributed by atoms with van der Waals surface area (Å²) >= 11 is 7.64. The lowest BCUT2D eigenvalue weighted by molar-refractivity contribution is 0.500. The first-order valence-corrected chi connectivity index (χ1v) is 8.28. The Kier molecular flexibility index (Phi) is 5.25. The van der Waals surface area contributed by atoms with E-state index in [1.807, 2.05) is 6.07 Å². The number of thiophene rings is 1. The smallest absolute Gasteiger partial charge is 0.0931 e. The third kappa shape index (κ3) is 3.85. The number of hydrogen-bond acceptors (Lipinski definition) is 2. The molecule has 0 aliphatic carbocycles. The monoisotopic (exact) mass is 307 g/mol. The number of benzene rings is 1. The molecule has 0 spiro atoms. The summed E-state index contributed by atoms with van der Waals surface area (Å²) in [6.45, 7) is 8.83. The Bertz CT molecular complexity index is 544. The lowest BCUT2D eigenvalue weighted by Gasteiger charge is -2.20. The van der Waals surface area contributed by atoms with Gasteiger partial charge in [-0.3, -0.25) is 0 Å². The van der Waals surface area contributed by atoms with Crippen LogP contribution in [0.4, 0.5) is 0 Å². The molecule has 0 aliphatic heterocycles. The molecular formula is C17H22ClNS. The van der Waals surface area contributed by atoms with Crippen LogP contribution in [-0.2, 0) is 0 Å². The lowest BCUT2D eigenvalue weighted by atomic mass is 9.99. The van der Waals surface area contributed by atoms with Gasteiger partial charge in [0, 0.05) is 17.0 Å². The van der Waals surface area contributed by atoms with Gasteiger partial charge >= 0.3 is 0 Å². The zero-order chi connectivity index (χ0) is 14.7. The van der Waals surface area contributed by atoms with E-state index in [0.29, 0.717) is 18.0 Å². The Hall–Kier alpha value is -0.830. The van der Waals surface area contributed by atoms with Gasteiger partial charge in [0.15, 0.2) is 0 Å². The van der Waals surface area contributed by atoms with Gasteiger partial charge < -0.3 is 5.32 Å². The Morgan fingerprint density at radius 1 is 0.850 bits per heavy atom. The SMILES string of the molecule is CC(C)c1ccc(C(C)NC(C)c2ccc(Cl)s2)cc1. The summed E-state index contributed by atoms with van der Waals surface area (Å²) in [6.07, 6.45) is 0. The van der Waals surface area contributed by atoms with Crippen molar-refractivity contribution in [3.63, 3.8) is 0 Å². The fourth-order valence-electron chi connectivity index (χ4n) is 2.28. The van der Waals surface area contributed by atoms with Crippen molar-refractivity contribution in [2.24, 2.45) is 0 Å². The largest absolute Gasteiger partial charge is 0.303 e. The second-order valence-electron chi connectivity index (χ2n) is 5.57. The maximum atomic E-state index is 6.00. The van der Waals surface area contributed by atoms with Crippen LogP contribution in [0, 0.1) is 0 Å². The fraction of sp³-hybridized carbons (Fsp3) is 0.412. The quantitative estimate of drug-likeness (QED) is 0.721. The molecule has 1 aromatic heterocycles. The van der Waals surface area contributed by atoms with Gasteiger partial charge in [0.2, 0.25) is 0 Å². The van der Waals surface area contributed by atoms with Crippen molar-refractivity contribution < 1.29 is 0 Å². The third-order valence-corrected chi connectivity index (χ3v) is 5.04. The van der Waals surface area contributed by atoms with Gasteiger partial charge in [-0.25, -0.2) is 0 Å². The predicted octanol–water partition coefficient (Wildman–Crippen LogP) is 5.94. The van der Waals surface area contributed by atoms with E-state index >= 15 is 0 Å². The van der Waals surface area contributed by atoms with Gasteiger partial charge in [-0.15, -0.1) is 11.3 Å². The van der Waals surface area contributed by atoms with E-state index < -0.39 is 0 Å². The van der Waals surface area contributed by atoms with Crippen molar-refractivity contribution in [1.29, 1.82) is 0 Å². The minimum Gasteiger partial charge on any atom is -0.303 e. The van der Waals surface area contributed by atoms with Gasteiger partial charge in [0.25, 0.3) is 0 Å². The first-order chi connectivity index (χ1) is 9.47. The topological polar surface area (TPSA) is 12.0 Å². The van der Waals surface area contributed by atoms with Gasteiger partial charge in [-0.1, -0.05) is 49.7 Å². The molecule has 2 atom stereocenters. The number of nitrogens with one attached hydrogen (secondary N) is 1. The van der Waals surface area contributed by atoms with Gasteiger partial charge in [0.05, 0.1) is 4.34 Å². The fourth-order valence-corrected chi connectivity index (χ4v) is 3.36. The molecule has 0 aliphatic rings. The van der Waals surface area contributed by atoms with Crippen LogP contribution in [0.2, 0.25) is 4.34 Å². The molecular weight excluding hydrogens is 286 g/mol. The zero-order valence-corrected chi connectivity index (χ0v) is 14.1. The van der Waals surface area contributed by atoms with Crippen molar-refractivity contribution in [3.05, 3.63) is 56.7 Å². The molecule has 1 nitrogen and oxygen atoms in total. The molecule has 0 bridgehead atoms. The van der Waals surface area contributed by atoms with Crippen LogP contribution in [0.5, 0.6) is 0 Å². The second kappa shape index (κ2) is 6.75. The van der Waals surface area contributed by atoms with E-state index in [0.717, 1.165) is 4.34 Å². The van der Waals surface area contributed by atoms with Crippen molar-refractivity contribution in [3.8, 4) is 0 Å². The van der Waals surface area contributed by atoms with E-state index in [1.165, 1.54) is 16.0 Å². The predicted molar refractivity (Wildman–Crippen MR) is 89.8 cm³/mol. The van der Waals surface area contributed by atoms with Crippen molar-refractivity contribution >= 4 is 22.9 Å². The van der Waals surface area contributed by atoms with Crippen molar-refractivity contribution in [2.75, 3.05) is 0 Å². The molecule has 0 radical (unpaired) electrons. The highest BCUT2D eigenvalue weighted by Crippen LogP contribution is 2.28. The molecule has 1 aromatic carbocycles. The lowest BCUT2D eigenvalue weighted by Crippen LogP contribution is -2.21. The minimum absolute atomic E-state index is 0.312. The highest BCUT2D eigenvalue weighted by atomic mass is 35.5. The highest BCUT2D eigenvalue weighted by molar-refractivity contribution is 7.16. The summed E-state index contributed by atoms with van der Waals surface area (Å²) < 4.78 is 0.850. The van der Waals surface area contributed by atoms with Crippen LogP contribution in [-0.4, -0.2) is 0 Å². The van der Waals surface area contributed by atoms with Crippen LogP contribution < -0.4 is 5.32 Å². The summed E-state index contributed by atoms with van der Waals surface area (Å²) in [4.78, 5) is 1.28. The van der Waals surface area contributed by atoms with E-state index in [2.05, 4.69) is 63.3 Å². The summed E-state index contributed by atoms with van der Waals surface area (Å²) in [5.74, 6) is 0.583. The summed E-state index contributed by atoms with van der Waals surface area (Å²) in [7, 11) is 0. The molecule has 20 heavy (non-hydrogen) atoms. The summed E-state index contributed by atoms with van der Waals surface area (Å²) in [5, 5.41) is 3.63. The maximum absolute atomic E-state index is 6.00. The van der Waals surface area contributed by atoms with E-state index in [-0.39, 0.29) is 0 Å². The van der Waals surface area contributed by atoms with Crippen LogP contribution in [0.3, 0.4) is 0 Å². The first kappa shape index (κ1) is 15.6. The van der Waals surface area contributed by atoms with Crippen LogP contribution in [0.25, 0.3) is 0 Å². The molecule has 2 rings (SSSR count). The zero-order valence-electron chi connectivity index (χ0n) is 12.5. The summed E-state index contributed by atoms with van der Waals surface area (Å²) in [5.41, 5.74) is 2.71. The highest BCUT2D eigenvalue weighted by Gasteiger charge is 2.13. The molecule has 0 saturated carbocycles. The molecule has 2 aromatic rings. The Morgan fingerprint density at radius 3 is 1.95 bits per heavy atom. The third-order valence-electron chi connectivity index (χ3n) is 3.62. The summed E-state index contributed by atoms with van der Waals surface area (Å²) in [6, 6.07) is 13.6. The molecule has 0 fully saturated rings. The van der Waals surface area contributed by atoms with Crippen LogP contribution in [0.1, 0.15) is 61.7 Å². The molecule has 1 N–H and O–H groups in total. The van der Waals surface area contributed by atoms with Crippen molar-refractivity contribution in [1.82, 2.24) is 5.32 Å². The van der Waals surface area contributed by atoms with E-state index in [4.69, 9.17) is 11.6 Å². The number of rotatable bonds is 5. The van der Waals surface area contributed by atoms with Gasteiger partial charge in [-0.2, -0.15) is 0 Å². The second-order valence-corrected chi connectivity index (χ2v) is 7.32. The van der Waals surface area contributed by atoms with Gasteiger partial charge in [-0.05, 0) is 43.0 Å². The molecule has 3 heteroatoms. The standard InChI is InChI=1S/C17H22ClNS/c1-11(2)14-5-7-15(8-6-14)12(3)19-13(4)16-9-10-17(18)20-16/h5-13,19H,1-4H3. The van der Waals surface area contributed by atoms with E-state index in [9.17, 15) is 0 Å². The molecule has 108 valence electrons. The Labute approximate surface area is 131 Å². The minimum atomic E-state index is 0.312. The number of halogens is 1. The molecule has 0 amide bonds. The normalized spacial score (nSPS) is 14.5. The number of hydrogen-bond donors (Lipinski definition) is 1. The Morgan fingerprint density at radius 2 is 1.45 bits per heavy atom. The Balaban J connectivity index is 2.02. The van der Waals surface area contributed by atoms with Crippen molar-refractivity contribution in [2.45, 2.75) is 45.7 Å². The molecule has 1 heterocycles. The molecule has 2 unspecified atom stereocenters. The van der Waals surface area contributed by atoms with Gasteiger partial charge in [0.1, 0.15) is 0 Å². The first-order valence-electron chi connectivity index (χ1n) is 7.08. The maximum Gasteiger partial charge on any atom is 0.0931 e. The van der Waals surface area contributed by atoms with Crippen LogP contribution >= 0.6 is 22.9 Å². The average Bonchev–Trinajstić information content (AvgIpc) is 2.85. The molecule has 0 saturated heterocycles. The van der Waals surface area contributed by atoms with E-state index in [1.54, 1.807) is 11.3 Å².